The smallest absolute Gasteiger partial charge is 0.227 e. The molecule has 40 heavy (non-hydrogen) atoms. The van der Waals surface area contributed by atoms with Crippen molar-refractivity contribution in [3.63, 3.8) is 0 Å². The fourth-order valence-corrected chi connectivity index (χ4v) is 6.20. The second-order valence-corrected chi connectivity index (χ2v) is 11.2. The third-order valence-corrected chi connectivity index (χ3v) is 8.47. The number of nitrogens with zero attached hydrogens (tertiary/aromatic N) is 5. The second-order valence-electron chi connectivity index (χ2n) is 11.2. The molecule has 0 spiro atoms. The molecular formula is C32H39N7O. The standard InChI is InChI=1S/C32H39N7O/c1-23-36-32(27-14-16-34-30(19-27)35-22-24-13-15-33-21-24)37-39(23)18-17-38(28-10-3-4-11-28)31(40)20-26-9-6-8-25-7-2-5-12-29(25)26/h2,5-9,12,14,16,19,24,28,33H,3-4,10-11,13,15,17-18,20-22H2,1H3,(H,34,35)/t24-/m1/s1. The molecular weight excluding hydrogens is 498 g/mol. The number of benzene rings is 2. The summed E-state index contributed by atoms with van der Waals surface area (Å²) < 4.78 is 1.94. The van der Waals surface area contributed by atoms with Crippen LogP contribution in [0.1, 0.15) is 43.5 Å². The summed E-state index contributed by atoms with van der Waals surface area (Å²) in [5.74, 6) is 3.23. The van der Waals surface area contributed by atoms with Crippen molar-refractivity contribution < 1.29 is 4.79 Å². The maximum absolute atomic E-state index is 13.7. The fraction of sp³-hybridized carbons (Fsp3) is 0.438. The molecule has 1 aliphatic heterocycles. The highest BCUT2D eigenvalue weighted by Gasteiger charge is 2.27. The van der Waals surface area contributed by atoms with Crippen molar-refractivity contribution in [3.8, 4) is 11.4 Å². The predicted octanol–water partition coefficient (Wildman–Crippen LogP) is 4.84. The van der Waals surface area contributed by atoms with E-state index in [-0.39, 0.29) is 5.91 Å². The molecule has 1 saturated carbocycles. The number of rotatable bonds is 10. The molecule has 1 aliphatic carbocycles. The summed E-state index contributed by atoms with van der Waals surface area (Å²) in [5, 5.41) is 14.1. The van der Waals surface area contributed by atoms with E-state index in [0.29, 0.717) is 37.3 Å². The molecule has 1 saturated heterocycles. The van der Waals surface area contributed by atoms with Crippen molar-refractivity contribution in [2.75, 3.05) is 31.5 Å². The minimum absolute atomic E-state index is 0.198. The summed E-state index contributed by atoms with van der Waals surface area (Å²) in [7, 11) is 0. The summed E-state index contributed by atoms with van der Waals surface area (Å²) >= 11 is 0. The van der Waals surface area contributed by atoms with E-state index in [1.54, 1.807) is 0 Å². The van der Waals surface area contributed by atoms with E-state index in [9.17, 15) is 4.79 Å². The first kappa shape index (κ1) is 26.4. The van der Waals surface area contributed by atoms with Crippen LogP contribution >= 0.6 is 0 Å². The van der Waals surface area contributed by atoms with Crippen LogP contribution in [0.3, 0.4) is 0 Å². The molecule has 2 aromatic carbocycles. The Morgan fingerprint density at radius 2 is 1.95 bits per heavy atom. The van der Waals surface area contributed by atoms with E-state index < -0.39 is 0 Å². The molecule has 3 heterocycles. The van der Waals surface area contributed by atoms with Crippen LogP contribution < -0.4 is 10.6 Å². The Balaban J connectivity index is 1.14. The zero-order valence-corrected chi connectivity index (χ0v) is 23.4. The van der Waals surface area contributed by atoms with Gasteiger partial charge in [0.1, 0.15) is 11.6 Å². The Bertz CT molecular complexity index is 1450. The molecule has 2 N–H and O–H groups in total. The van der Waals surface area contributed by atoms with E-state index in [1.165, 1.54) is 24.6 Å². The average molecular weight is 538 g/mol. The van der Waals surface area contributed by atoms with Gasteiger partial charge in [-0.3, -0.25) is 4.79 Å². The minimum atomic E-state index is 0.198. The van der Waals surface area contributed by atoms with E-state index in [4.69, 9.17) is 10.1 Å². The van der Waals surface area contributed by atoms with Gasteiger partial charge in [-0.25, -0.2) is 14.6 Å². The van der Waals surface area contributed by atoms with Gasteiger partial charge < -0.3 is 15.5 Å². The van der Waals surface area contributed by atoms with E-state index >= 15 is 0 Å². The van der Waals surface area contributed by atoms with Crippen LogP contribution in [0, 0.1) is 12.8 Å². The third kappa shape index (κ3) is 6.02. The van der Waals surface area contributed by atoms with E-state index in [1.807, 2.05) is 42.1 Å². The number of carbonyl (C=O) groups is 1. The Hall–Kier alpha value is -3.78. The number of fused-ring (bicyclic) bond motifs is 1. The van der Waals surface area contributed by atoms with E-state index in [0.717, 1.165) is 60.6 Å². The summed E-state index contributed by atoms with van der Waals surface area (Å²) in [6, 6.07) is 18.9. The highest BCUT2D eigenvalue weighted by atomic mass is 16.2. The lowest BCUT2D eigenvalue weighted by molar-refractivity contribution is -0.132. The molecule has 8 nitrogen and oxygen atoms in total. The van der Waals surface area contributed by atoms with Crippen LogP contribution in [0.25, 0.3) is 22.2 Å². The maximum atomic E-state index is 13.7. The lowest BCUT2D eigenvalue weighted by atomic mass is 10.0. The van der Waals surface area contributed by atoms with Gasteiger partial charge in [0.05, 0.1) is 13.0 Å². The minimum Gasteiger partial charge on any atom is -0.370 e. The normalized spacial score (nSPS) is 17.5. The van der Waals surface area contributed by atoms with Crippen molar-refractivity contribution in [2.24, 2.45) is 5.92 Å². The molecule has 0 bridgehead atoms. The van der Waals surface area contributed by atoms with Crippen molar-refractivity contribution in [2.45, 2.75) is 58.0 Å². The number of nitrogens with one attached hydrogen (secondary N) is 2. The highest BCUT2D eigenvalue weighted by Crippen LogP contribution is 2.26. The molecule has 2 aliphatic rings. The molecule has 1 amide bonds. The number of anilines is 1. The summed E-state index contributed by atoms with van der Waals surface area (Å²) in [6.07, 6.45) is 7.95. The number of hydrogen-bond donors (Lipinski definition) is 2. The monoisotopic (exact) mass is 537 g/mol. The van der Waals surface area contributed by atoms with Gasteiger partial charge in [-0.1, -0.05) is 55.3 Å². The van der Waals surface area contributed by atoms with Gasteiger partial charge in [0.25, 0.3) is 0 Å². The van der Waals surface area contributed by atoms with Gasteiger partial charge >= 0.3 is 0 Å². The van der Waals surface area contributed by atoms with Crippen molar-refractivity contribution in [3.05, 3.63) is 72.2 Å². The molecule has 2 fully saturated rings. The van der Waals surface area contributed by atoms with Gasteiger partial charge in [0.2, 0.25) is 5.91 Å². The number of amides is 1. The summed E-state index contributed by atoms with van der Waals surface area (Å²) in [4.78, 5) is 25.1. The molecule has 1 atom stereocenters. The Kier molecular flexibility index (Phi) is 8.04. The van der Waals surface area contributed by atoms with Gasteiger partial charge in [0, 0.05) is 30.9 Å². The lowest BCUT2D eigenvalue weighted by Crippen LogP contribution is -2.42. The first-order chi connectivity index (χ1) is 19.6. The number of pyridine rings is 1. The first-order valence-electron chi connectivity index (χ1n) is 14.7. The molecule has 0 unspecified atom stereocenters. The van der Waals surface area contributed by atoms with Crippen LogP contribution in [-0.4, -0.2) is 62.8 Å². The zero-order chi connectivity index (χ0) is 27.3. The Morgan fingerprint density at radius 1 is 1.10 bits per heavy atom. The predicted molar refractivity (Wildman–Crippen MR) is 159 cm³/mol. The molecule has 0 radical (unpaired) electrons. The molecule has 2 aromatic heterocycles. The number of aryl methyl sites for hydroxylation is 1. The Morgan fingerprint density at radius 3 is 2.80 bits per heavy atom. The van der Waals surface area contributed by atoms with Crippen LogP contribution in [0.15, 0.2) is 60.8 Å². The van der Waals surface area contributed by atoms with E-state index in [2.05, 4.69) is 50.8 Å². The number of hydrogen-bond acceptors (Lipinski definition) is 6. The van der Waals surface area contributed by atoms with Crippen LogP contribution in [-0.2, 0) is 17.8 Å². The van der Waals surface area contributed by atoms with Crippen molar-refractivity contribution in [1.29, 1.82) is 0 Å². The summed E-state index contributed by atoms with van der Waals surface area (Å²) in [6.45, 7) is 6.31. The molecule has 208 valence electrons. The van der Waals surface area contributed by atoms with Crippen LogP contribution in [0.2, 0.25) is 0 Å². The molecule has 4 aromatic rings. The van der Waals surface area contributed by atoms with Gasteiger partial charge in [-0.15, -0.1) is 0 Å². The topological polar surface area (TPSA) is 88.0 Å². The van der Waals surface area contributed by atoms with Crippen LogP contribution in [0.5, 0.6) is 0 Å². The third-order valence-electron chi connectivity index (χ3n) is 8.47. The zero-order valence-electron chi connectivity index (χ0n) is 23.4. The van der Waals surface area contributed by atoms with Gasteiger partial charge in [-0.2, -0.15) is 5.10 Å². The van der Waals surface area contributed by atoms with Gasteiger partial charge in [-0.05, 0) is 73.7 Å². The summed E-state index contributed by atoms with van der Waals surface area (Å²) in [5.41, 5.74) is 2.04. The van der Waals surface area contributed by atoms with Crippen molar-refractivity contribution >= 4 is 22.5 Å². The number of aromatic nitrogens is 4. The quantitative estimate of drug-likeness (QED) is 0.301. The first-order valence-corrected chi connectivity index (χ1v) is 14.7. The largest absolute Gasteiger partial charge is 0.370 e. The van der Waals surface area contributed by atoms with Gasteiger partial charge in [0.15, 0.2) is 5.82 Å². The fourth-order valence-electron chi connectivity index (χ4n) is 6.20. The number of carbonyl (C=O) groups excluding carboxylic acids is 1. The lowest BCUT2D eigenvalue weighted by Gasteiger charge is -2.29. The van der Waals surface area contributed by atoms with Crippen molar-refractivity contribution in [1.82, 2.24) is 30.0 Å². The SMILES string of the molecule is Cc1nc(-c2ccnc(NC[C@@H]3CCNC3)c2)nn1CCN(C(=O)Cc1cccc2ccccc12)C1CCCC1. The maximum Gasteiger partial charge on any atom is 0.227 e. The molecule has 6 rings (SSSR count). The second kappa shape index (κ2) is 12.2. The van der Waals surface area contributed by atoms with Crippen LogP contribution in [0.4, 0.5) is 5.82 Å². The highest BCUT2D eigenvalue weighted by molar-refractivity contribution is 5.90. The average Bonchev–Trinajstić information content (AvgIpc) is 3.76. The molecule has 8 heteroatoms. The Labute approximate surface area is 236 Å².